The molecule has 1 heterocycles. The number of carbonyl (C=O) groups excluding carboxylic acids is 1. The molecule has 18 heavy (non-hydrogen) atoms. The Kier molecular flexibility index (Phi) is 3.78. The molecule has 0 bridgehead atoms. The van der Waals surface area contributed by atoms with E-state index in [2.05, 4.69) is 9.88 Å². The number of rotatable bonds is 3. The topological polar surface area (TPSA) is 53.4 Å². The molecule has 0 saturated heterocycles. The molecule has 2 rings (SSSR count). The molecule has 0 radical (unpaired) electrons. The van der Waals surface area contributed by atoms with E-state index in [0.717, 1.165) is 12.1 Å². The van der Waals surface area contributed by atoms with Crippen molar-refractivity contribution in [3.05, 3.63) is 29.6 Å². The minimum Gasteiger partial charge on any atom is -0.384 e. The average Bonchev–Trinajstić information content (AvgIpc) is 2.33. The minimum atomic E-state index is -0.912. The summed E-state index contributed by atoms with van der Waals surface area (Å²) in [6, 6.07) is 3.88. The van der Waals surface area contributed by atoms with E-state index in [1.807, 2.05) is 32.4 Å². The summed E-state index contributed by atoms with van der Waals surface area (Å²) in [7, 11) is 4.02. The lowest BCUT2D eigenvalue weighted by Gasteiger charge is -2.30. The summed E-state index contributed by atoms with van der Waals surface area (Å²) in [5, 5.41) is 10.5. The van der Waals surface area contributed by atoms with E-state index in [4.69, 9.17) is 0 Å². The first-order valence-electron chi connectivity index (χ1n) is 6.34. The van der Waals surface area contributed by atoms with Crippen LogP contribution in [-0.4, -0.2) is 34.9 Å². The van der Waals surface area contributed by atoms with Crippen LogP contribution in [0.2, 0.25) is 0 Å². The van der Waals surface area contributed by atoms with Crippen LogP contribution >= 0.6 is 0 Å². The molecule has 0 aliphatic heterocycles. The molecule has 1 fully saturated rings. The number of hydrogen-bond donors (Lipinski definition) is 1. The molecule has 1 aliphatic rings. The highest BCUT2D eigenvalue weighted by Crippen LogP contribution is 2.34. The maximum Gasteiger partial charge on any atom is 0.133 e. The zero-order valence-corrected chi connectivity index (χ0v) is 11.0. The molecule has 1 saturated carbocycles. The fourth-order valence-electron chi connectivity index (χ4n) is 2.36. The number of aliphatic hydroxyl groups is 1. The van der Waals surface area contributed by atoms with Gasteiger partial charge in [0.05, 0.1) is 5.69 Å². The van der Waals surface area contributed by atoms with Crippen molar-refractivity contribution in [1.29, 1.82) is 0 Å². The van der Waals surface area contributed by atoms with Gasteiger partial charge in [-0.15, -0.1) is 0 Å². The highest BCUT2D eigenvalue weighted by atomic mass is 16.3. The highest BCUT2D eigenvalue weighted by Gasteiger charge is 2.35. The van der Waals surface area contributed by atoms with Crippen molar-refractivity contribution in [3.8, 4) is 0 Å². The van der Waals surface area contributed by atoms with Gasteiger partial charge in [-0.2, -0.15) is 0 Å². The van der Waals surface area contributed by atoms with Crippen molar-refractivity contribution >= 4 is 5.78 Å². The number of Topliss-reactive ketones (excluding diaryl/α,β-unsaturated/α-hetero) is 1. The second kappa shape index (κ2) is 5.16. The van der Waals surface area contributed by atoms with Gasteiger partial charge in [0.1, 0.15) is 11.4 Å². The lowest BCUT2D eigenvalue weighted by Crippen LogP contribution is -2.32. The Labute approximate surface area is 108 Å². The molecule has 1 N–H and O–H groups in total. The van der Waals surface area contributed by atoms with Crippen LogP contribution < -0.4 is 0 Å². The van der Waals surface area contributed by atoms with Gasteiger partial charge in [-0.05, 0) is 38.6 Å². The number of carbonyl (C=O) groups is 1. The fraction of sp³-hybridized carbons (Fsp3) is 0.571. The molecule has 98 valence electrons. The van der Waals surface area contributed by atoms with Crippen LogP contribution in [0.5, 0.6) is 0 Å². The summed E-state index contributed by atoms with van der Waals surface area (Å²) < 4.78 is 0. The van der Waals surface area contributed by atoms with Crippen molar-refractivity contribution in [2.75, 3.05) is 14.1 Å². The first-order chi connectivity index (χ1) is 8.49. The molecule has 0 aromatic carbocycles. The standard InChI is InChI=1S/C14H20N2O2/c1-16(2)10-11-3-4-13(15-9-11)14(18)7-5-12(17)6-8-14/h3-4,9,18H,5-8,10H2,1-2H3. The van der Waals surface area contributed by atoms with Crippen molar-refractivity contribution in [2.45, 2.75) is 37.8 Å². The van der Waals surface area contributed by atoms with Crippen LogP contribution in [0.25, 0.3) is 0 Å². The van der Waals surface area contributed by atoms with Crippen molar-refractivity contribution in [3.63, 3.8) is 0 Å². The summed E-state index contributed by atoms with van der Waals surface area (Å²) in [6.07, 6.45) is 3.71. The zero-order chi connectivity index (χ0) is 13.2. The fourth-order valence-corrected chi connectivity index (χ4v) is 2.36. The summed E-state index contributed by atoms with van der Waals surface area (Å²) in [5.74, 6) is 0.240. The van der Waals surface area contributed by atoms with Gasteiger partial charge >= 0.3 is 0 Å². The third kappa shape index (κ3) is 2.94. The van der Waals surface area contributed by atoms with E-state index in [1.165, 1.54) is 0 Å². The Bertz CT molecular complexity index is 416. The molecular formula is C14H20N2O2. The van der Waals surface area contributed by atoms with Crippen molar-refractivity contribution in [1.82, 2.24) is 9.88 Å². The smallest absolute Gasteiger partial charge is 0.133 e. The molecule has 0 amide bonds. The predicted octanol–water partition coefficient (Wildman–Crippen LogP) is 1.47. The second-order valence-electron chi connectivity index (χ2n) is 5.36. The first-order valence-corrected chi connectivity index (χ1v) is 6.34. The van der Waals surface area contributed by atoms with Gasteiger partial charge in [0.15, 0.2) is 0 Å². The van der Waals surface area contributed by atoms with Crippen LogP contribution in [0, 0.1) is 0 Å². The average molecular weight is 248 g/mol. The van der Waals surface area contributed by atoms with E-state index in [0.29, 0.717) is 31.4 Å². The Morgan fingerprint density at radius 1 is 1.33 bits per heavy atom. The van der Waals surface area contributed by atoms with Crippen LogP contribution in [0.1, 0.15) is 36.9 Å². The molecule has 1 aromatic heterocycles. The molecule has 4 heteroatoms. The lowest BCUT2D eigenvalue weighted by molar-refractivity contribution is -0.125. The maximum absolute atomic E-state index is 11.2. The van der Waals surface area contributed by atoms with E-state index in [1.54, 1.807) is 0 Å². The molecule has 1 aliphatic carbocycles. The Balaban J connectivity index is 2.11. The summed E-state index contributed by atoms with van der Waals surface area (Å²) in [5.41, 5.74) is 0.904. The van der Waals surface area contributed by atoms with E-state index in [-0.39, 0.29) is 5.78 Å². The number of nitrogens with zero attached hydrogens (tertiary/aromatic N) is 2. The second-order valence-corrected chi connectivity index (χ2v) is 5.36. The van der Waals surface area contributed by atoms with E-state index < -0.39 is 5.60 Å². The number of aromatic nitrogens is 1. The quantitative estimate of drug-likeness (QED) is 0.880. The first kappa shape index (κ1) is 13.2. The molecular weight excluding hydrogens is 228 g/mol. The summed E-state index contributed by atoms with van der Waals surface area (Å²) >= 11 is 0. The van der Waals surface area contributed by atoms with Crippen LogP contribution in [-0.2, 0) is 16.9 Å². The lowest BCUT2D eigenvalue weighted by atomic mass is 9.81. The molecule has 0 atom stereocenters. The molecule has 0 unspecified atom stereocenters. The zero-order valence-electron chi connectivity index (χ0n) is 11.0. The third-order valence-electron chi connectivity index (χ3n) is 3.44. The van der Waals surface area contributed by atoms with Crippen LogP contribution in [0.15, 0.2) is 18.3 Å². The van der Waals surface area contributed by atoms with E-state index >= 15 is 0 Å². The van der Waals surface area contributed by atoms with Gasteiger partial charge in [-0.25, -0.2) is 0 Å². The minimum absolute atomic E-state index is 0.240. The van der Waals surface area contributed by atoms with E-state index in [9.17, 15) is 9.90 Å². The predicted molar refractivity (Wildman–Crippen MR) is 69.0 cm³/mol. The largest absolute Gasteiger partial charge is 0.384 e. The summed E-state index contributed by atoms with van der Waals surface area (Å²) in [6.45, 7) is 0.837. The maximum atomic E-state index is 11.2. The van der Waals surface area contributed by atoms with Crippen LogP contribution in [0.4, 0.5) is 0 Å². The Morgan fingerprint density at radius 2 is 2.00 bits per heavy atom. The Morgan fingerprint density at radius 3 is 2.50 bits per heavy atom. The molecule has 4 nitrogen and oxygen atoms in total. The van der Waals surface area contributed by atoms with Gasteiger partial charge in [-0.3, -0.25) is 9.78 Å². The SMILES string of the molecule is CN(C)Cc1ccc(C2(O)CCC(=O)CC2)nc1. The number of hydrogen-bond acceptors (Lipinski definition) is 4. The summed E-state index contributed by atoms with van der Waals surface area (Å²) in [4.78, 5) is 17.7. The monoisotopic (exact) mass is 248 g/mol. The Hall–Kier alpha value is -1.26. The van der Waals surface area contributed by atoms with Crippen molar-refractivity contribution < 1.29 is 9.90 Å². The van der Waals surface area contributed by atoms with Crippen LogP contribution in [0.3, 0.4) is 0 Å². The normalized spacial score (nSPS) is 19.2. The third-order valence-corrected chi connectivity index (χ3v) is 3.44. The van der Waals surface area contributed by atoms with Gasteiger partial charge < -0.3 is 10.0 Å². The molecule has 0 spiro atoms. The van der Waals surface area contributed by atoms with Gasteiger partial charge in [-0.1, -0.05) is 6.07 Å². The van der Waals surface area contributed by atoms with Gasteiger partial charge in [0, 0.05) is 25.6 Å². The molecule has 1 aromatic rings. The van der Waals surface area contributed by atoms with Crippen molar-refractivity contribution in [2.24, 2.45) is 0 Å². The number of pyridine rings is 1. The number of ketones is 1. The van der Waals surface area contributed by atoms with Gasteiger partial charge in [0.25, 0.3) is 0 Å². The van der Waals surface area contributed by atoms with Gasteiger partial charge in [0.2, 0.25) is 0 Å². The highest BCUT2D eigenvalue weighted by molar-refractivity contribution is 5.79.